The fourth-order valence-electron chi connectivity index (χ4n) is 3.72. The van der Waals surface area contributed by atoms with Crippen LogP contribution in [0.5, 0.6) is 5.75 Å². The molecule has 0 aliphatic carbocycles. The van der Waals surface area contributed by atoms with Gasteiger partial charge in [-0.3, -0.25) is 9.82 Å². The molecule has 2 fully saturated rings. The average molecular weight is 404 g/mol. The summed E-state index contributed by atoms with van der Waals surface area (Å²) >= 11 is 6.20. The highest BCUT2D eigenvalue weighted by Crippen LogP contribution is 2.33. The molecule has 2 atom stereocenters. The number of piperidine rings is 1. The second-order valence-electron chi connectivity index (χ2n) is 7.06. The smallest absolute Gasteiger partial charge is 0.345 e. The second kappa shape index (κ2) is 7.93. The third kappa shape index (κ3) is 3.40. The van der Waals surface area contributed by atoms with E-state index in [0.717, 1.165) is 12.8 Å². The third-order valence-electron chi connectivity index (χ3n) is 5.21. The Morgan fingerprint density at radius 3 is 3.00 bits per heavy atom. The number of benzene rings is 1. The van der Waals surface area contributed by atoms with E-state index in [9.17, 15) is 9.59 Å². The van der Waals surface area contributed by atoms with Crippen molar-refractivity contribution in [3.05, 3.63) is 35.5 Å². The fraction of sp³-hybridized carbons (Fsp3) is 0.450. The number of fused-ring (bicyclic) bond motifs is 3. The SMILES string of the molecule is CCCCON1C(=O)N2C[C@@H]1CC[C@H]2C(=O)Oc1ccc(Cl)c2cccnc12. The van der Waals surface area contributed by atoms with Crippen molar-refractivity contribution >= 4 is 34.5 Å². The quantitative estimate of drug-likeness (QED) is 0.417. The molecule has 7 nitrogen and oxygen atoms in total. The minimum absolute atomic E-state index is 0.00793. The van der Waals surface area contributed by atoms with Gasteiger partial charge in [0.05, 0.1) is 17.7 Å². The summed E-state index contributed by atoms with van der Waals surface area (Å²) in [6.45, 7) is 3.05. The van der Waals surface area contributed by atoms with E-state index in [-0.39, 0.29) is 12.1 Å². The van der Waals surface area contributed by atoms with Gasteiger partial charge >= 0.3 is 12.0 Å². The zero-order valence-electron chi connectivity index (χ0n) is 15.6. The fourth-order valence-corrected chi connectivity index (χ4v) is 3.94. The first-order valence-electron chi connectivity index (χ1n) is 9.57. The summed E-state index contributed by atoms with van der Waals surface area (Å²) in [4.78, 5) is 37.0. The van der Waals surface area contributed by atoms with Crippen LogP contribution in [0.1, 0.15) is 32.6 Å². The van der Waals surface area contributed by atoms with Crippen LogP contribution in [0.3, 0.4) is 0 Å². The predicted octanol–water partition coefficient (Wildman–Crippen LogP) is 3.79. The lowest BCUT2D eigenvalue weighted by molar-refractivity contribution is -0.140. The van der Waals surface area contributed by atoms with Crippen molar-refractivity contribution < 1.29 is 19.2 Å². The maximum atomic E-state index is 12.9. The van der Waals surface area contributed by atoms with Crippen LogP contribution in [0.25, 0.3) is 10.9 Å². The van der Waals surface area contributed by atoms with Crippen LogP contribution in [0.15, 0.2) is 30.5 Å². The number of rotatable bonds is 6. The number of nitrogens with zero attached hydrogens (tertiary/aromatic N) is 3. The van der Waals surface area contributed by atoms with E-state index in [1.807, 2.05) is 6.07 Å². The molecule has 0 N–H and O–H groups in total. The first-order valence-corrected chi connectivity index (χ1v) is 9.95. The highest BCUT2D eigenvalue weighted by atomic mass is 35.5. The molecule has 1 aromatic heterocycles. The summed E-state index contributed by atoms with van der Waals surface area (Å²) < 4.78 is 5.64. The van der Waals surface area contributed by atoms with Gasteiger partial charge in [-0.05, 0) is 43.5 Å². The number of aromatic nitrogens is 1. The summed E-state index contributed by atoms with van der Waals surface area (Å²) in [6, 6.07) is 6.01. The van der Waals surface area contributed by atoms with E-state index < -0.39 is 12.0 Å². The van der Waals surface area contributed by atoms with Gasteiger partial charge in [0, 0.05) is 18.1 Å². The van der Waals surface area contributed by atoms with Crippen LogP contribution >= 0.6 is 11.6 Å². The van der Waals surface area contributed by atoms with Crippen LogP contribution in [-0.4, -0.2) is 52.2 Å². The van der Waals surface area contributed by atoms with Crippen LogP contribution in [0.4, 0.5) is 4.79 Å². The van der Waals surface area contributed by atoms with Crippen molar-refractivity contribution in [3.8, 4) is 5.75 Å². The Labute approximate surface area is 168 Å². The lowest BCUT2D eigenvalue weighted by Crippen LogP contribution is -2.46. The van der Waals surface area contributed by atoms with Crippen molar-refractivity contribution in [1.82, 2.24) is 14.9 Å². The van der Waals surface area contributed by atoms with Crippen LogP contribution in [0, 0.1) is 0 Å². The number of pyridine rings is 1. The Hall–Kier alpha value is -2.38. The molecule has 2 aliphatic heterocycles. The van der Waals surface area contributed by atoms with Gasteiger partial charge in [-0.15, -0.1) is 0 Å². The normalized spacial score (nSPS) is 21.4. The highest BCUT2D eigenvalue weighted by molar-refractivity contribution is 6.35. The standard InChI is InChI=1S/C20H22ClN3O4/c1-2-3-11-27-24-13-6-8-16(23(12-13)20(24)26)19(25)28-17-9-7-15(21)14-5-4-10-22-18(14)17/h4-5,7,9-10,13,16H,2-3,6,8,11-12H2,1H3/t13-,16-/m0/s1. The van der Waals surface area contributed by atoms with Crippen LogP contribution < -0.4 is 4.74 Å². The lowest BCUT2D eigenvalue weighted by atomic mass is 10.0. The Kier molecular flexibility index (Phi) is 5.37. The number of carbonyl (C=O) groups is 2. The molecule has 2 aliphatic rings. The van der Waals surface area contributed by atoms with Crippen molar-refractivity contribution in [1.29, 1.82) is 0 Å². The van der Waals surface area contributed by atoms with Gasteiger partial charge in [0.25, 0.3) is 0 Å². The Bertz CT molecular complexity index is 906. The molecule has 0 spiro atoms. The maximum absolute atomic E-state index is 12.9. The molecular weight excluding hydrogens is 382 g/mol. The second-order valence-corrected chi connectivity index (χ2v) is 7.47. The number of amides is 2. The van der Waals surface area contributed by atoms with Crippen molar-refractivity contribution in [2.24, 2.45) is 0 Å². The Morgan fingerprint density at radius 2 is 2.18 bits per heavy atom. The van der Waals surface area contributed by atoms with E-state index in [1.54, 1.807) is 29.3 Å². The Morgan fingerprint density at radius 1 is 1.32 bits per heavy atom. The van der Waals surface area contributed by atoms with Crippen molar-refractivity contribution in [2.45, 2.75) is 44.7 Å². The van der Waals surface area contributed by atoms with Crippen molar-refractivity contribution in [3.63, 3.8) is 0 Å². The molecule has 3 heterocycles. The molecule has 2 bridgehead atoms. The van der Waals surface area contributed by atoms with E-state index >= 15 is 0 Å². The van der Waals surface area contributed by atoms with Crippen molar-refractivity contribution in [2.75, 3.05) is 13.2 Å². The molecule has 148 valence electrons. The molecule has 0 unspecified atom stereocenters. The van der Waals surface area contributed by atoms with Gasteiger partial charge in [-0.2, -0.15) is 5.06 Å². The lowest BCUT2D eigenvalue weighted by Gasteiger charge is -2.28. The third-order valence-corrected chi connectivity index (χ3v) is 5.54. The molecule has 4 rings (SSSR count). The minimum Gasteiger partial charge on any atom is -0.423 e. The van der Waals surface area contributed by atoms with Gasteiger partial charge in [0.2, 0.25) is 0 Å². The predicted molar refractivity (Wildman–Crippen MR) is 104 cm³/mol. The molecule has 0 radical (unpaired) electrons. The number of hydrogen-bond acceptors (Lipinski definition) is 5. The number of halogens is 1. The van der Waals surface area contributed by atoms with E-state index in [1.165, 1.54) is 5.06 Å². The van der Waals surface area contributed by atoms with Crippen LogP contribution in [0.2, 0.25) is 5.02 Å². The van der Waals surface area contributed by atoms with Gasteiger partial charge in [-0.25, -0.2) is 9.59 Å². The Balaban J connectivity index is 1.50. The number of hydroxylamine groups is 2. The first kappa shape index (κ1) is 19.0. The largest absolute Gasteiger partial charge is 0.423 e. The summed E-state index contributed by atoms with van der Waals surface area (Å²) in [5.74, 6) is -0.119. The zero-order chi connectivity index (χ0) is 19.7. The summed E-state index contributed by atoms with van der Waals surface area (Å²) in [6.07, 6.45) is 4.75. The molecule has 8 heteroatoms. The van der Waals surface area contributed by atoms with Gasteiger partial charge in [0.15, 0.2) is 5.75 Å². The summed E-state index contributed by atoms with van der Waals surface area (Å²) in [5, 5.41) is 2.69. The van der Waals surface area contributed by atoms with Gasteiger partial charge in [0.1, 0.15) is 11.6 Å². The number of carbonyl (C=O) groups excluding carboxylic acids is 2. The number of ether oxygens (including phenoxy) is 1. The molecule has 2 aromatic rings. The molecule has 2 amide bonds. The van der Waals surface area contributed by atoms with Gasteiger partial charge < -0.3 is 9.64 Å². The van der Waals surface area contributed by atoms with Gasteiger partial charge in [-0.1, -0.05) is 24.9 Å². The van der Waals surface area contributed by atoms with E-state index in [0.29, 0.717) is 47.7 Å². The van der Waals surface area contributed by atoms with E-state index in [4.69, 9.17) is 21.2 Å². The molecular formula is C20H22ClN3O4. The number of hydrogen-bond donors (Lipinski definition) is 0. The monoisotopic (exact) mass is 403 g/mol. The molecule has 2 saturated heterocycles. The van der Waals surface area contributed by atoms with E-state index in [2.05, 4.69) is 11.9 Å². The molecule has 0 saturated carbocycles. The topological polar surface area (TPSA) is 72.0 Å². The first-order chi connectivity index (χ1) is 13.6. The summed E-state index contributed by atoms with van der Waals surface area (Å²) in [7, 11) is 0. The number of unbranched alkanes of at least 4 members (excludes halogenated alkanes) is 1. The zero-order valence-corrected chi connectivity index (χ0v) is 16.4. The number of urea groups is 1. The molecule has 28 heavy (non-hydrogen) atoms. The maximum Gasteiger partial charge on any atom is 0.345 e. The molecule has 1 aromatic carbocycles. The highest BCUT2D eigenvalue weighted by Gasteiger charge is 2.48. The van der Waals surface area contributed by atoms with Crippen LogP contribution in [-0.2, 0) is 9.63 Å². The number of esters is 1. The average Bonchev–Trinajstić information content (AvgIpc) is 2.95. The summed E-state index contributed by atoms with van der Waals surface area (Å²) in [5.41, 5.74) is 0.523. The minimum atomic E-state index is -0.627.